The smallest absolute Gasteiger partial charge is 0.406 e. The van der Waals surface area contributed by atoms with Crippen LogP contribution in [0.15, 0.2) is 36.5 Å². The number of halogens is 1. The number of aromatic nitrogens is 1. The number of carbonyl (C=O) groups is 1. The highest BCUT2D eigenvalue weighted by atomic mass is 19.1. The number of ether oxygens (including phenoxy) is 1. The maximum atomic E-state index is 13.5. The minimum atomic E-state index is -1.03. The predicted octanol–water partition coefficient (Wildman–Crippen LogP) is 2.84. The maximum absolute atomic E-state index is 13.5. The number of nitro groups is 1. The van der Waals surface area contributed by atoms with Crippen molar-refractivity contribution >= 4 is 17.4 Å². The van der Waals surface area contributed by atoms with Gasteiger partial charge in [-0.2, -0.15) is 0 Å². The molecule has 0 spiro atoms. The van der Waals surface area contributed by atoms with Crippen LogP contribution in [0.5, 0.6) is 5.75 Å². The molecule has 7 nitrogen and oxygen atoms in total. The average molecular weight is 319 g/mol. The van der Waals surface area contributed by atoms with Crippen LogP contribution < -0.4 is 10.1 Å². The van der Waals surface area contributed by atoms with Gasteiger partial charge >= 0.3 is 5.82 Å². The van der Waals surface area contributed by atoms with Crippen molar-refractivity contribution in [3.05, 3.63) is 58.0 Å². The van der Waals surface area contributed by atoms with Gasteiger partial charge in [0.2, 0.25) is 5.75 Å². The number of nitrogens with zero attached hydrogens (tertiary/aromatic N) is 2. The van der Waals surface area contributed by atoms with E-state index < -0.39 is 28.6 Å². The molecule has 0 saturated heterocycles. The standard InChI is InChI=1S/C15H14FN3O4/c1-9-5-6-11(8-12(9)16)18-15(20)10(2)23-13-4-3-7-17-14(13)19(21)22/h3-8,10H,1-2H3,(H,18,20). The van der Waals surface area contributed by atoms with E-state index in [0.29, 0.717) is 5.56 Å². The molecular formula is C15H14FN3O4. The fourth-order valence-corrected chi connectivity index (χ4v) is 1.77. The molecule has 23 heavy (non-hydrogen) atoms. The van der Waals surface area contributed by atoms with Crippen molar-refractivity contribution in [1.29, 1.82) is 0 Å². The first-order valence-corrected chi connectivity index (χ1v) is 6.71. The summed E-state index contributed by atoms with van der Waals surface area (Å²) in [6.07, 6.45) is 0.229. The number of rotatable bonds is 5. The van der Waals surface area contributed by atoms with E-state index in [9.17, 15) is 19.3 Å². The first-order valence-electron chi connectivity index (χ1n) is 6.71. The second-order valence-electron chi connectivity index (χ2n) is 4.80. The summed E-state index contributed by atoms with van der Waals surface area (Å²) in [6.45, 7) is 3.03. The zero-order chi connectivity index (χ0) is 17.0. The third-order valence-electron chi connectivity index (χ3n) is 3.04. The molecule has 1 amide bonds. The second-order valence-corrected chi connectivity index (χ2v) is 4.80. The summed E-state index contributed by atoms with van der Waals surface area (Å²) < 4.78 is 18.7. The molecule has 0 aliphatic rings. The molecular weight excluding hydrogens is 305 g/mol. The fraction of sp³-hybridized carbons (Fsp3) is 0.200. The third-order valence-corrected chi connectivity index (χ3v) is 3.04. The van der Waals surface area contributed by atoms with Gasteiger partial charge in [-0.25, -0.2) is 4.39 Å². The van der Waals surface area contributed by atoms with Crippen molar-refractivity contribution in [1.82, 2.24) is 4.98 Å². The summed E-state index contributed by atoms with van der Waals surface area (Å²) >= 11 is 0. The van der Waals surface area contributed by atoms with Crippen molar-refractivity contribution in [3.8, 4) is 5.75 Å². The lowest BCUT2D eigenvalue weighted by molar-refractivity contribution is -0.390. The monoisotopic (exact) mass is 319 g/mol. The zero-order valence-corrected chi connectivity index (χ0v) is 12.4. The van der Waals surface area contributed by atoms with E-state index in [-0.39, 0.29) is 11.4 Å². The maximum Gasteiger partial charge on any atom is 0.406 e. The minimum absolute atomic E-state index is 0.116. The molecule has 0 fully saturated rings. The fourth-order valence-electron chi connectivity index (χ4n) is 1.77. The Morgan fingerprint density at radius 2 is 2.17 bits per heavy atom. The third kappa shape index (κ3) is 4.00. The molecule has 0 aliphatic carbocycles. The molecule has 8 heteroatoms. The molecule has 1 atom stereocenters. The van der Waals surface area contributed by atoms with Crippen LogP contribution in [-0.2, 0) is 4.79 Å². The molecule has 2 aromatic rings. The largest absolute Gasteiger partial charge is 0.473 e. The van der Waals surface area contributed by atoms with Gasteiger partial charge < -0.3 is 20.2 Å². The molecule has 0 saturated carbocycles. The summed E-state index contributed by atoms with van der Waals surface area (Å²) in [7, 11) is 0. The molecule has 1 heterocycles. The quantitative estimate of drug-likeness (QED) is 0.675. The number of anilines is 1. The predicted molar refractivity (Wildman–Crippen MR) is 80.7 cm³/mol. The lowest BCUT2D eigenvalue weighted by atomic mass is 10.2. The van der Waals surface area contributed by atoms with Crippen molar-refractivity contribution in [2.75, 3.05) is 5.32 Å². The summed E-state index contributed by atoms with van der Waals surface area (Å²) in [5.41, 5.74) is 0.729. The molecule has 0 radical (unpaired) electrons. The average Bonchev–Trinajstić information content (AvgIpc) is 2.51. The number of aryl methyl sites for hydroxylation is 1. The number of hydrogen-bond donors (Lipinski definition) is 1. The normalized spacial score (nSPS) is 11.6. The topological polar surface area (TPSA) is 94.4 Å². The van der Waals surface area contributed by atoms with E-state index in [1.54, 1.807) is 13.0 Å². The number of pyridine rings is 1. The van der Waals surface area contributed by atoms with Gasteiger partial charge in [-0.05, 0) is 53.6 Å². The van der Waals surface area contributed by atoms with Crippen LogP contribution in [0.1, 0.15) is 12.5 Å². The molecule has 1 aromatic heterocycles. The Labute approximate surface area is 131 Å². The van der Waals surface area contributed by atoms with E-state index >= 15 is 0 Å². The SMILES string of the molecule is Cc1ccc(NC(=O)C(C)Oc2cccnc2[N+](=O)[O-])cc1F. The number of amides is 1. The number of nitrogens with one attached hydrogen (secondary N) is 1. The van der Waals surface area contributed by atoms with Gasteiger partial charge in [0, 0.05) is 5.69 Å². The number of hydrogen-bond acceptors (Lipinski definition) is 5. The lowest BCUT2D eigenvalue weighted by Crippen LogP contribution is -2.30. The van der Waals surface area contributed by atoms with Crippen LogP contribution in [0.25, 0.3) is 0 Å². The van der Waals surface area contributed by atoms with Crippen LogP contribution >= 0.6 is 0 Å². The van der Waals surface area contributed by atoms with Crippen molar-refractivity contribution in [3.63, 3.8) is 0 Å². The Kier molecular flexibility index (Phi) is 4.85. The number of carbonyl (C=O) groups excluding carboxylic acids is 1. The van der Waals surface area contributed by atoms with E-state index in [1.165, 1.54) is 37.4 Å². The molecule has 1 N–H and O–H groups in total. The zero-order valence-electron chi connectivity index (χ0n) is 12.4. The molecule has 0 bridgehead atoms. The van der Waals surface area contributed by atoms with Gasteiger partial charge in [-0.15, -0.1) is 0 Å². The van der Waals surface area contributed by atoms with Gasteiger partial charge in [-0.1, -0.05) is 6.07 Å². The minimum Gasteiger partial charge on any atom is -0.473 e. The lowest BCUT2D eigenvalue weighted by Gasteiger charge is -2.14. The summed E-state index contributed by atoms with van der Waals surface area (Å²) in [5, 5.41) is 13.3. The Morgan fingerprint density at radius 1 is 1.43 bits per heavy atom. The van der Waals surface area contributed by atoms with Crippen LogP contribution in [0.2, 0.25) is 0 Å². The van der Waals surface area contributed by atoms with Gasteiger partial charge in [0.15, 0.2) is 6.10 Å². The van der Waals surface area contributed by atoms with Crippen molar-refractivity contribution < 1.29 is 18.8 Å². The first-order chi connectivity index (χ1) is 10.9. The van der Waals surface area contributed by atoms with Crippen LogP contribution in [0.3, 0.4) is 0 Å². The summed E-state index contributed by atoms with van der Waals surface area (Å²) in [4.78, 5) is 25.8. The Morgan fingerprint density at radius 3 is 2.83 bits per heavy atom. The van der Waals surface area contributed by atoms with Gasteiger partial charge in [0.05, 0.1) is 0 Å². The van der Waals surface area contributed by atoms with E-state index in [4.69, 9.17) is 4.74 Å². The van der Waals surface area contributed by atoms with E-state index in [2.05, 4.69) is 10.3 Å². The van der Waals surface area contributed by atoms with Crippen LogP contribution in [0, 0.1) is 22.9 Å². The number of benzene rings is 1. The second kappa shape index (κ2) is 6.82. The van der Waals surface area contributed by atoms with Crippen molar-refractivity contribution in [2.45, 2.75) is 20.0 Å². The highest BCUT2D eigenvalue weighted by Crippen LogP contribution is 2.24. The van der Waals surface area contributed by atoms with E-state index in [0.717, 1.165) is 0 Å². The van der Waals surface area contributed by atoms with Gasteiger partial charge in [0.1, 0.15) is 12.0 Å². The molecule has 120 valence electrons. The summed E-state index contributed by atoms with van der Waals surface area (Å²) in [6, 6.07) is 7.08. The Bertz CT molecular complexity index is 751. The van der Waals surface area contributed by atoms with Crippen LogP contribution in [0.4, 0.5) is 15.9 Å². The molecule has 0 aliphatic heterocycles. The molecule has 2 rings (SSSR count). The van der Waals surface area contributed by atoms with Gasteiger partial charge in [0.25, 0.3) is 5.91 Å². The first kappa shape index (κ1) is 16.3. The Hall–Kier alpha value is -3.03. The van der Waals surface area contributed by atoms with Crippen LogP contribution in [-0.4, -0.2) is 21.9 Å². The highest BCUT2D eigenvalue weighted by molar-refractivity contribution is 5.94. The molecule has 1 unspecified atom stereocenters. The highest BCUT2D eigenvalue weighted by Gasteiger charge is 2.22. The molecule has 1 aromatic carbocycles. The Balaban J connectivity index is 2.08. The van der Waals surface area contributed by atoms with E-state index in [1.807, 2.05) is 0 Å². The summed E-state index contributed by atoms with van der Waals surface area (Å²) in [5.74, 6) is -1.60. The van der Waals surface area contributed by atoms with Gasteiger partial charge in [-0.3, -0.25) is 4.79 Å². The van der Waals surface area contributed by atoms with Crippen molar-refractivity contribution in [2.24, 2.45) is 0 Å².